The highest BCUT2D eigenvalue weighted by molar-refractivity contribution is 5.74. The molecule has 0 atom stereocenters. The molecule has 6 heteroatoms. The van der Waals surface area contributed by atoms with Crippen LogP contribution in [0.1, 0.15) is 13.8 Å². The Labute approximate surface area is 93.7 Å². The minimum atomic E-state index is -0.860. The van der Waals surface area contributed by atoms with E-state index in [1.807, 2.05) is 0 Å². The Balaban J connectivity index is 2.64. The number of hydrogen-bond acceptors (Lipinski definition) is 5. The van der Waals surface area contributed by atoms with Gasteiger partial charge in [0.15, 0.2) is 0 Å². The molecule has 1 aromatic rings. The Morgan fingerprint density at radius 2 is 2.25 bits per heavy atom. The van der Waals surface area contributed by atoms with E-state index in [0.29, 0.717) is 11.7 Å². The molecule has 6 nitrogen and oxygen atoms in total. The highest BCUT2D eigenvalue weighted by Gasteiger charge is 2.26. The van der Waals surface area contributed by atoms with Gasteiger partial charge >= 0.3 is 5.97 Å². The maximum Gasteiger partial charge on any atom is 0.310 e. The molecular formula is C10H15N3O3. The zero-order valence-corrected chi connectivity index (χ0v) is 9.52. The third-order valence-electron chi connectivity index (χ3n) is 2.14. The van der Waals surface area contributed by atoms with Crippen LogP contribution in [0.5, 0.6) is 5.88 Å². The van der Waals surface area contributed by atoms with Crippen LogP contribution >= 0.6 is 0 Å². The molecule has 88 valence electrons. The van der Waals surface area contributed by atoms with Gasteiger partial charge in [-0.05, 0) is 13.8 Å². The second kappa shape index (κ2) is 4.78. The number of nitrogens with one attached hydrogen (secondary N) is 1. The number of aliphatic carboxylic acids is 1. The summed E-state index contributed by atoms with van der Waals surface area (Å²) in [7, 11) is 1.51. The normalized spacial score (nSPS) is 10.9. The SMILES string of the molecule is COc1cc(NCC(C)(C)C(=O)O)ncn1. The lowest BCUT2D eigenvalue weighted by molar-refractivity contribution is -0.146. The molecule has 0 saturated carbocycles. The number of hydrogen-bond donors (Lipinski definition) is 2. The zero-order valence-electron chi connectivity index (χ0n) is 9.52. The van der Waals surface area contributed by atoms with Crippen molar-refractivity contribution < 1.29 is 14.6 Å². The lowest BCUT2D eigenvalue weighted by Crippen LogP contribution is -2.32. The molecule has 0 aliphatic rings. The molecular weight excluding hydrogens is 210 g/mol. The highest BCUT2D eigenvalue weighted by Crippen LogP contribution is 2.17. The molecule has 1 heterocycles. The Morgan fingerprint density at radius 1 is 1.56 bits per heavy atom. The van der Waals surface area contributed by atoms with Crippen molar-refractivity contribution in [3.63, 3.8) is 0 Å². The first-order chi connectivity index (χ1) is 7.45. The van der Waals surface area contributed by atoms with Crippen molar-refractivity contribution in [2.24, 2.45) is 5.41 Å². The Kier molecular flexibility index (Phi) is 3.65. The lowest BCUT2D eigenvalue weighted by Gasteiger charge is -2.19. The van der Waals surface area contributed by atoms with Crippen LogP contribution in [-0.2, 0) is 4.79 Å². The predicted molar refractivity (Wildman–Crippen MR) is 58.5 cm³/mol. The first-order valence-electron chi connectivity index (χ1n) is 4.79. The molecule has 0 spiro atoms. The van der Waals surface area contributed by atoms with Crippen LogP contribution in [0, 0.1) is 5.41 Å². The molecule has 0 radical (unpaired) electrons. The largest absolute Gasteiger partial charge is 0.481 e. The van der Waals surface area contributed by atoms with Crippen molar-refractivity contribution in [3.05, 3.63) is 12.4 Å². The summed E-state index contributed by atoms with van der Waals surface area (Å²) in [6.45, 7) is 3.56. The Morgan fingerprint density at radius 3 is 2.81 bits per heavy atom. The molecule has 16 heavy (non-hydrogen) atoms. The van der Waals surface area contributed by atoms with Crippen LogP contribution in [0.4, 0.5) is 5.82 Å². The van der Waals surface area contributed by atoms with E-state index in [1.165, 1.54) is 13.4 Å². The highest BCUT2D eigenvalue weighted by atomic mass is 16.5. The summed E-state index contributed by atoms with van der Waals surface area (Å²) in [6, 6.07) is 1.61. The topological polar surface area (TPSA) is 84.3 Å². The summed E-state index contributed by atoms with van der Waals surface area (Å²) in [6.07, 6.45) is 1.36. The van der Waals surface area contributed by atoms with Crippen molar-refractivity contribution in [1.82, 2.24) is 9.97 Å². The van der Waals surface area contributed by atoms with Gasteiger partial charge in [-0.3, -0.25) is 4.79 Å². The van der Waals surface area contributed by atoms with E-state index in [-0.39, 0.29) is 6.54 Å². The van der Waals surface area contributed by atoms with Gasteiger partial charge in [0.05, 0.1) is 12.5 Å². The quantitative estimate of drug-likeness (QED) is 0.778. The van der Waals surface area contributed by atoms with Crippen LogP contribution in [0.2, 0.25) is 0 Å². The number of carboxylic acid groups (broad SMARTS) is 1. The smallest absolute Gasteiger partial charge is 0.310 e. The summed E-state index contributed by atoms with van der Waals surface area (Å²) < 4.78 is 4.93. The maximum atomic E-state index is 10.9. The number of rotatable bonds is 5. The monoisotopic (exact) mass is 225 g/mol. The van der Waals surface area contributed by atoms with E-state index in [1.54, 1.807) is 19.9 Å². The number of carboxylic acids is 1. The number of aromatic nitrogens is 2. The number of nitrogens with zero attached hydrogens (tertiary/aromatic N) is 2. The molecule has 0 bridgehead atoms. The van der Waals surface area contributed by atoms with Gasteiger partial charge in [0.1, 0.15) is 12.1 Å². The van der Waals surface area contributed by atoms with Crippen molar-refractivity contribution in [3.8, 4) is 5.88 Å². The third kappa shape index (κ3) is 3.08. The van der Waals surface area contributed by atoms with Crippen molar-refractivity contribution in [1.29, 1.82) is 0 Å². The minimum Gasteiger partial charge on any atom is -0.481 e. The van der Waals surface area contributed by atoms with Crippen LogP contribution in [0.25, 0.3) is 0 Å². The minimum absolute atomic E-state index is 0.280. The van der Waals surface area contributed by atoms with E-state index in [0.717, 1.165) is 0 Å². The molecule has 0 saturated heterocycles. The Hall–Kier alpha value is -1.85. The fourth-order valence-corrected chi connectivity index (χ4v) is 0.935. The van der Waals surface area contributed by atoms with Gasteiger partial charge in [-0.1, -0.05) is 0 Å². The predicted octanol–water partition coefficient (Wildman–Crippen LogP) is 1.01. The van der Waals surface area contributed by atoms with E-state index in [9.17, 15) is 4.79 Å². The number of anilines is 1. The molecule has 0 aliphatic carbocycles. The molecule has 0 fully saturated rings. The fraction of sp³-hybridized carbons (Fsp3) is 0.500. The Bertz CT molecular complexity index is 379. The van der Waals surface area contributed by atoms with Crippen LogP contribution in [0.3, 0.4) is 0 Å². The first-order valence-corrected chi connectivity index (χ1v) is 4.79. The van der Waals surface area contributed by atoms with Gasteiger partial charge in [-0.2, -0.15) is 0 Å². The van der Waals surface area contributed by atoms with E-state index >= 15 is 0 Å². The van der Waals surface area contributed by atoms with E-state index < -0.39 is 11.4 Å². The number of methoxy groups -OCH3 is 1. The van der Waals surface area contributed by atoms with E-state index in [4.69, 9.17) is 9.84 Å². The number of ether oxygens (including phenoxy) is 1. The molecule has 0 amide bonds. The van der Waals surface area contributed by atoms with Gasteiger partial charge in [0, 0.05) is 12.6 Å². The standard InChI is InChI=1S/C10H15N3O3/c1-10(2,9(14)15)5-11-7-4-8(16-3)13-6-12-7/h4,6H,5H2,1-3H3,(H,14,15)(H,11,12,13). The van der Waals surface area contributed by atoms with Crippen LogP contribution in [-0.4, -0.2) is 34.7 Å². The average molecular weight is 225 g/mol. The summed E-state index contributed by atoms with van der Waals surface area (Å²) in [5.41, 5.74) is -0.849. The zero-order chi connectivity index (χ0) is 12.2. The summed E-state index contributed by atoms with van der Waals surface area (Å²) in [5, 5.41) is 11.9. The first kappa shape index (κ1) is 12.2. The molecule has 0 unspecified atom stereocenters. The van der Waals surface area contributed by atoms with Crippen LogP contribution in [0.15, 0.2) is 12.4 Å². The van der Waals surface area contributed by atoms with Crippen molar-refractivity contribution in [2.75, 3.05) is 19.0 Å². The summed E-state index contributed by atoms with van der Waals surface area (Å²) >= 11 is 0. The molecule has 0 aromatic carbocycles. The third-order valence-corrected chi connectivity index (χ3v) is 2.14. The number of carbonyl (C=O) groups is 1. The van der Waals surface area contributed by atoms with Gasteiger partial charge < -0.3 is 15.2 Å². The molecule has 1 rings (SSSR count). The van der Waals surface area contributed by atoms with Gasteiger partial charge in [-0.15, -0.1) is 0 Å². The van der Waals surface area contributed by atoms with Crippen molar-refractivity contribution >= 4 is 11.8 Å². The second-order valence-electron chi connectivity index (χ2n) is 3.99. The van der Waals surface area contributed by atoms with Crippen LogP contribution < -0.4 is 10.1 Å². The molecule has 2 N–H and O–H groups in total. The van der Waals surface area contributed by atoms with E-state index in [2.05, 4.69) is 15.3 Å². The summed E-state index contributed by atoms with van der Waals surface area (Å²) in [4.78, 5) is 18.7. The summed E-state index contributed by atoms with van der Waals surface area (Å²) in [5.74, 6) is 0.118. The van der Waals surface area contributed by atoms with Gasteiger partial charge in [0.25, 0.3) is 0 Å². The molecule has 0 aliphatic heterocycles. The van der Waals surface area contributed by atoms with Gasteiger partial charge in [0.2, 0.25) is 5.88 Å². The fourth-order valence-electron chi connectivity index (χ4n) is 0.935. The van der Waals surface area contributed by atoms with Crippen molar-refractivity contribution in [2.45, 2.75) is 13.8 Å². The van der Waals surface area contributed by atoms with Gasteiger partial charge in [-0.25, -0.2) is 9.97 Å². The second-order valence-corrected chi connectivity index (χ2v) is 3.99. The average Bonchev–Trinajstić information content (AvgIpc) is 2.26. The lowest BCUT2D eigenvalue weighted by atomic mass is 9.94. The molecule has 1 aromatic heterocycles. The maximum absolute atomic E-state index is 10.9.